The Kier molecular flexibility index (Phi) is 5.90. The lowest BCUT2D eigenvalue weighted by Gasteiger charge is -2.11. The lowest BCUT2D eigenvalue weighted by molar-refractivity contribution is 0.673. The normalized spacial score (nSPS) is 12.2. The molecule has 12 aromatic rings. The highest BCUT2D eigenvalue weighted by molar-refractivity contribution is 7.25. The maximum absolute atomic E-state index is 6.69. The van der Waals surface area contributed by atoms with Crippen molar-refractivity contribution in [3.05, 3.63) is 164 Å². The zero-order valence-electron chi connectivity index (χ0n) is 28.2. The summed E-state index contributed by atoms with van der Waals surface area (Å²) in [6.45, 7) is 0. The fraction of sp³-hybridized carbons (Fsp3) is 0. The summed E-state index contributed by atoms with van der Waals surface area (Å²) in [6.07, 6.45) is 0. The number of para-hydroxylation sites is 1. The molecular formula is C48H27N3OS. The maximum atomic E-state index is 6.69. The average molecular weight is 694 g/mol. The van der Waals surface area contributed by atoms with Crippen molar-refractivity contribution in [2.45, 2.75) is 0 Å². The van der Waals surface area contributed by atoms with Crippen molar-refractivity contribution in [2.24, 2.45) is 0 Å². The first-order valence-electron chi connectivity index (χ1n) is 17.8. The summed E-state index contributed by atoms with van der Waals surface area (Å²) in [5.74, 6) is 0.739. The molecule has 0 aliphatic rings. The Bertz CT molecular complexity index is 3450. The second kappa shape index (κ2) is 10.8. The number of hydrogen-bond acceptors (Lipinski definition) is 4. The van der Waals surface area contributed by atoms with Crippen molar-refractivity contribution in [3.8, 4) is 28.3 Å². The molecule has 12 rings (SSSR count). The van der Waals surface area contributed by atoms with Crippen molar-refractivity contribution in [3.63, 3.8) is 0 Å². The van der Waals surface area contributed by atoms with Crippen LogP contribution in [0.2, 0.25) is 0 Å². The van der Waals surface area contributed by atoms with Gasteiger partial charge in [-0.1, -0.05) is 115 Å². The smallest absolute Gasteiger partial charge is 0.161 e. The van der Waals surface area contributed by atoms with Gasteiger partial charge in [0.15, 0.2) is 5.82 Å². The molecule has 4 nitrogen and oxygen atoms in total. The predicted molar refractivity (Wildman–Crippen MR) is 222 cm³/mol. The number of nitrogens with zero attached hydrogens (tertiary/aromatic N) is 3. The summed E-state index contributed by atoms with van der Waals surface area (Å²) in [5.41, 5.74) is 8.25. The molecule has 8 aromatic carbocycles. The van der Waals surface area contributed by atoms with Crippen LogP contribution in [-0.4, -0.2) is 14.5 Å². The molecule has 0 aliphatic carbocycles. The first-order valence-corrected chi connectivity index (χ1v) is 18.6. The van der Waals surface area contributed by atoms with Crippen LogP contribution in [0.1, 0.15) is 0 Å². The number of thiophene rings is 1. The highest BCUT2D eigenvalue weighted by atomic mass is 32.1. The van der Waals surface area contributed by atoms with Gasteiger partial charge < -0.3 is 8.98 Å². The second-order valence-corrected chi connectivity index (χ2v) is 14.8. The van der Waals surface area contributed by atoms with Crippen LogP contribution >= 0.6 is 11.3 Å². The number of hydrogen-bond donors (Lipinski definition) is 0. The molecule has 0 aliphatic heterocycles. The minimum absolute atomic E-state index is 0.739. The van der Waals surface area contributed by atoms with E-state index < -0.39 is 0 Å². The Morgan fingerprint density at radius 3 is 2.11 bits per heavy atom. The molecule has 4 aromatic heterocycles. The molecule has 0 spiro atoms. The van der Waals surface area contributed by atoms with Gasteiger partial charge in [-0.25, -0.2) is 9.97 Å². The summed E-state index contributed by atoms with van der Waals surface area (Å²) in [7, 11) is 0. The first-order chi connectivity index (χ1) is 26.3. The van der Waals surface area contributed by atoms with Crippen LogP contribution in [0.3, 0.4) is 0 Å². The predicted octanol–water partition coefficient (Wildman–Crippen LogP) is 13.5. The molecule has 0 atom stereocenters. The van der Waals surface area contributed by atoms with Gasteiger partial charge >= 0.3 is 0 Å². The molecule has 0 radical (unpaired) electrons. The largest absolute Gasteiger partial charge is 0.455 e. The highest BCUT2D eigenvalue weighted by Gasteiger charge is 2.20. The minimum Gasteiger partial charge on any atom is -0.455 e. The van der Waals surface area contributed by atoms with E-state index in [2.05, 4.69) is 150 Å². The zero-order chi connectivity index (χ0) is 34.6. The van der Waals surface area contributed by atoms with Crippen LogP contribution < -0.4 is 0 Å². The number of furan rings is 1. The van der Waals surface area contributed by atoms with Gasteiger partial charge in [-0.15, -0.1) is 11.3 Å². The summed E-state index contributed by atoms with van der Waals surface area (Å²) < 4.78 is 10.3. The third kappa shape index (κ3) is 4.17. The van der Waals surface area contributed by atoms with E-state index in [9.17, 15) is 0 Å². The van der Waals surface area contributed by atoms with Gasteiger partial charge in [0.2, 0.25) is 0 Å². The molecule has 246 valence electrons. The van der Waals surface area contributed by atoms with Gasteiger partial charge in [0.1, 0.15) is 16.0 Å². The Morgan fingerprint density at radius 2 is 1.23 bits per heavy atom. The standard InChI is InChI=1S/C48H27N3OS/c1-2-11-30(12-3-1)47-49-45(44-35-15-7-9-17-42(35)53-48(44)50-47)29-18-22-32(23-19-29)51-39-16-8-6-14-34(39)38-26-31-20-24-36-43-33-13-5-4-10-28(33)21-25-41(43)52-46(36)37(31)27-40(38)51/h1-27H. The molecule has 0 unspecified atom stereocenters. The maximum Gasteiger partial charge on any atom is 0.161 e. The Hall–Kier alpha value is -6.82. The van der Waals surface area contributed by atoms with E-state index in [-0.39, 0.29) is 0 Å². The van der Waals surface area contributed by atoms with E-state index in [1.807, 2.05) is 18.2 Å². The first kappa shape index (κ1) is 28.8. The van der Waals surface area contributed by atoms with Crippen LogP contribution in [0.15, 0.2) is 168 Å². The van der Waals surface area contributed by atoms with Crippen molar-refractivity contribution in [2.75, 3.05) is 0 Å². The lowest BCUT2D eigenvalue weighted by atomic mass is 10.0. The summed E-state index contributed by atoms with van der Waals surface area (Å²) in [6, 6.07) is 58.3. The summed E-state index contributed by atoms with van der Waals surface area (Å²) in [4.78, 5) is 11.3. The molecule has 0 N–H and O–H groups in total. The number of aromatic nitrogens is 3. The number of benzene rings is 8. The summed E-state index contributed by atoms with van der Waals surface area (Å²) >= 11 is 1.72. The SMILES string of the molecule is c1ccc(-c2nc(-c3ccc(-n4c5ccccc5c5cc6ccc7c(oc8ccc9ccccc9c87)c6cc54)cc3)c3c(n2)sc2ccccc23)cc1. The van der Waals surface area contributed by atoms with Gasteiger partial charge in [0.25, 0.3) is 0 Å². The number of rotatable bonds is 3. The van der Waals surface area contributed by atoms with Gasteiger partial charge in [0.05, 0.1) is 16.7 Å². The lowest BCUT2D eigenvalue weighted by Crippen LogP contribution is -1.96. The van der Waals surface area contributed by atoms with Gasteiger partial charge in [-0.05, 0) is 64.7 Å². The molecule has 0 saturated carbocycles. The topological polar surface area (TPSA) is 43.9 Å². The Labute approximate surface area is 306 Å². The van der Waals surface area contributed by atoms with Crippen LogP contribution in [0.25, 0.3) is 114 Å². The van der Waals surface area contributed by atoms with E-state index in [4.69, 9.17) is 14.4 Å². The van der Waals surface area contributed by atoms with E-state index >= 15 is 0 Å². The molecule has 0 amide bonds. The van der Waals surface area contributed by atoms with Gasteiger partial charge in [0, 0.05) is 59.2 Å². The van der Waals surface area contributed by atoms with E-state index in [0.717, 1.165) is 76.9 Å². The van der Waals surface area contributed by atoms with E-state index in [1.165, 1.54) is 37.0 Å². The monoisotopic (exact) mass is 693 g/mol. The zero-order valence-corrected chi connectivity index (χ0v) is 29.1. The van der Waals surface area contributed by atoms with Gasteiger partial charge in [-0.2, -0.15) is 0 Å². The Balaban J connectivity index is 1.08. The third-order valence-electron chi connectivity index (χ3n) is 10.8. The van der Waals surface area contributed by atoms with Gasteiger partial charge in [-0.3, -0.25) is 0 Å². The Morgan fingerprint density at radius 1 is 0.472 bits per heavy atom. The second-order valence-electron chi connectivity index (χ2n) is 13.7. The van der Waals surface area contributed by atoms with Crippen molar-refractivity contribution < 1.29 is 4.42 Å². The molecule has 0 saturated heterocycles. The average Bonchev–Trinajstić information content (AvgIpc) is 3.90. The fourth-order valence-corrected chi connectivity index (χ4v) is 9.46. The van der Waals surface area contributed by atoms with E-state index in [0.29, 0.717) is 0 Å². The number of fused-ring (bicyclic) bond motifs is 13. The van der Waals surface area contributed by atoms with Crippen molar-refractivity contribution in [1.29, 1.82) is 0 Å². The molecule has 53 heavy (non-hydrogen) atoms. The molecule has 4 heterocycles. The highest BCUT2D eigenvalue weighted by Crippen LogP contribution is 2.43. The molecule has 0 fully saturated rings. The molecular weight excluding hydrogens is 667 g/mol. The van der Waals surface area contributed by atoms with Crippen LogP contribution in [-0.2, 0) is 0 Å². The van der Waals surface area contributed by atoms with Crippen molar-refractivity contribution >= 4 is 96.9 Å². The van der Waals surface area contributed by atoms with Crippen LogP contribution in [0.5, 0.6) is 0 Å². The third-order valence-corrected chi connectivity index (χ3v) is 11.9. The van der Waals surface area contributed by atoms with Crippen LogP contribution in [0.4, 0.5) is 0 Å². The van der Waals surface area contributed by atoms with Crippen molar-refractivity contribution in [1.82, 2.24) is 14.5 Å². The minimum atomic E-state index is 0.739. The molecule has 0 bridgehead atoms. The fourth-order valence-electron chi connectivity index (χ4n) is 8.39. The quantitative estimate of drug-likeness (QED) is 0.185. The van der Waals surface area contributed by atoms with Crippen LogP contribution in [0, 0.1) is 0 Å². The van der Waals surface area contributed by atoms with E-state index in [1.54, 1.807) is 11.3 Å². The summed E-state index contributed by atoms with van der Waals surface area (Å²) in [5, 5.41) is 11.7. The molecule has 5 heteroatoms.